The Morgan fingerprint density at radius 3 is 1.50 bits per heavy atom. The molecule has 8 heteroatoms. The normalized spacial score (nSPS) is 22.5. The molecule has 292 valence electrons. The molecule has 3 aromatic heterocycles. The first-order valence-electron chi connectivity index (χ1n) is 21.4. The molecule has 1 unspecified atom stereocenters. The first-order chi connectivity index (χ1) is 26.0. The van der Waals surface area contributed by atoms with Gasteiger partial charge in [0.1, 0.15) is 0 Å². The van der Waals surface area contributed by atoms with Crippen molar-refractivity contribution in [2.75, 3.05) is 80.3 Å². The third-order valence-corrected chi connectivity index (χ3v) is 14.7. The molecule has 1 atom stereocenters. The fourth-order valence-corrected chi connectivity index (χ4v) is 9.98. The van der Waals surface area contributed by atoms with Crippen LogP contribution in [0.2, 0.25) is 0 Å². The van der Waals surface area contributed by atoms with E-state index in [-0.39, 0.29) is 16.2 Å². The maximum atomic E-state index is 5.59. The number of ether oxygens (including phenoxy) is 1. The highest BCUT2D eigenvalue weighted by Crippen LogP contribution is 2.44. The first kappa shape index (κ1) is 37.7. The van der Waals surface area contributed by atoms with Crippen molar-refractivity contribution in [3.63, 3.8) is 0 Å². The second-order valence-corrected chi connectivity index (χ2v) is 19.7. The van der Waals surface area contributed by atoms with Crippen LogP contribution in [0.1, 0.15) is 122 Å². The molecule has 5 saturated heterocycles. The van der Waals surface area contributed by atoms with E-state index in [1.807, 2.05) is 0 Å². The molecule has 0 aromatic carbocycles. The van der Waals surface area contributed by atoms with Crippen LogP contribution in [0, 0.1) is 10.8 Å². The van der Waals surface area contributed by atoms with Crippen molar-refractivity contribution >= 4 is 17.1 Å². The van der Waals surface area contributed by atoms with Crippen LogP contribution in [0.25, 0.3) is 0 Å². The average molecular weight is 734 g/mol. The van der Waals surface area contributed by atoms with Crippen molar-refractivity contribution in [1.82, 2.24) is 20.3 Å². The van der Waals surface area contributed by atoms with E-state index in [0.717, 1.165) is 78.2 Å². The summed E-state index contributed by atoms with van der Waals surface area (Å²) in [4.78, 5) is 23.0. The molecule has 0 aliphatic carbocycles. The molecular weight excluding hydrogens is 667 g/mol. The van der Waals surface area contributed by atoms with E-state index in [1.165, 1.54) is 92.2 Å². The van der Waals surface area contributed by atoms with Crippen LogP contribution >= 0.6 is 0 Å². The first-order valence-corrected chi connectivity index (χ1v) is 21.4. The lowest BCUT2D eigenvalue weighted by Gasteiger charge is -2.53. The van der Waals surface area contributed by atoms with Gasteiger partial charge in [-0.25, -0.2) is 0 Å². The van der Waals surface area contributed by atoms with E-state index >= 15 is 0 Å². The van der Waals surface area contributed by atoms with E-state index < -0.39 is 0 Å². The number of hydrogen-bond donors (Lipinski definition) is 1. The number of piperidine rings is 3. The number of aromatic nitrogens is 3. The summed E-state index contributed by atoms with van der Waals surface area (Å²) in [6.45, 7) is 23.0. The van der Waals surface area contributed by atoms with Crippen LogP contribution in [0.5, 0.6) is 0 Å². The minimum Gasteiger partial charge on any atom is -0.380 e. The highest BCUT2D eigenvalue weighted by molar-refractivity contribution is 5.50. The summed E-state index contributed by atoms with van der Waals surface area (Å²) in [7, 11) is 0. The molecule has 3 aromatic rings. The summed E-state index contributed by atoms with van der Waals surface area (Å²) in [6, 6.07) is 13.9. The number of nitrogens with one attached hydrogen (secondary N) is 1. The van der Waals surface area contributed by atoms with Gasteiger partial charge in [0.25, 0.3) is 0 Å². The van der Waals surface area contributed by atoms with Crippen LogP contribution in [-0.4, -0.2) is 80.5 Å². The lowest BCUT2D eigenvalue weighted by atomic mass is 9.69. The molecular formula is C46H67N7O. The zero-order valence-electron chi connectivity index (χ0n) is 34.1. The topological polar surface area (TPSA) is 69.7 Å². The molecule has 5 fully saturated rings. The van der Waals surface area contributed by atoms with Gasteiger partial charge in [-0.1, -0.05) is 34.6 Å². The smallest absolute Gasteiger partial charge is 0.0553 e. The van der Waals surface area contributed by atoms with Crippen LogP contribution in [0.4, 0.5) is 17.1 Å². The number of anilines is 3. The summed E-state index contributed by atoms with van der Waals surface area (Å²) < 4.78 is 5.59. The quantitative estimate of drug-likeness (QED) is 0.199. The molecule has 8 heterocycles. The summed E-state index contributed by atoms with van der Waals surface area (Å²) in [5.74, 6) is 0. The minimum absolute atomic E-state index is 0.0485. The molecule has 8 rings (SSSR count). The number of nitrogens with zero attached hydrogens (tertiary/aromatic N) is 6. The Balaban J connectivity index is 0.961. The van der Waals surface area contributed by atoms with Crippen molar-refractivity contribution in [1.29, 1.82) is 0 Å². The zero-order chi connectivity index (χ0) is 37.4. The Morgan fingerprint density at radius 2 is 1.04 bits per heavy atom. The van der Waals surface area contributed by atoms with E-state index in [9.17, 15) is 0 Å². The maximum absolute atomic E-state index is 5.59. The van der Waals surface area contributed by atoms with E-state index in [1.54, 1.807) is 0 Å². The molecule has 54 heavy (non-hydrogen) atoms. The number of rotatable bonds is 12. The zero-order valence-corrected chi connectivity index (χ0v) is 34.1. The minimum atomic E-state index is -0.0865. The van der Waals surface area contributed by atoms with E-state index in [0.29, 0.717) is 10.8 Å². The predicted molar refractivity (Wildman–Crippen MR) is 222 cm³/mol. The summed E-state index contributed by atoms with van der Waals surface area (Å²) >= 11 is 0. The number of hydrogen-bond acceptors (Lipinski definition) is 8. The lowest BCUT2D eigenvalue weighted by Crippen LogP contribution is -2.60. The SMILES string of the molecule is CC(C)(CCC(C)(CCC(C)(C)c1ccc(N2CC3(CCNCC3)C2)cn1)c1ccc(N2CCC3(CC2)COC3)cn1)c1ccc(N2CCCCC2)cn1. The molecule has 5 aliphatic heterocycles. The second kappa shape index (κ2) is 15.0. The maximum Gasteiger partial charge on any atom is 0.0553 e. The third kappa shape index (κ3) is 7.89. The lowest BCUT2D eigenvalue weighted by molar-refractivity contribution is -0.124. The molecule has 1 N–H and O–H groups in total. The summed E-state index contributed by atoms with van der Waals surface area (Å²) in [5.41, 5.74) is 8.15. The molecule has 0 amide bonds. The average Bonchev–Trinajstić information content (AvgIpc) is 3.19. The van der Waals surface area contributed by atoms with Gasteiger partial charge in [-0.3, -0.25) is 15.0 Å². The molecule has 8 nitrogen and oxygen atoms in total. The highest BCUT2D eigenvalue weighted by atomic mass is 16.5. The van der Waals surface area contributed by atoms with Gasteiger partial charge in [0.15, 0.2) is 0 Å². The van der Waals surface area contributed by atoms with Crippen molar-refractivity contribution in [3.05, 3.63) is 72.1 Å². The second-order valence-electron chi connectivity index (χ2n) is 19.7. The Hall–Kier alpha value is -3.23. The Morgan fingerprint density at radius 1 is 0.556 bits per heavy atom. The number of pyridine rings is 3. The monoisotopic (exact) mass is 734 g/mol. The standard InChI is InChI=1S/C46H67N7O/c1-42(2,39-12-9-36(29-48-39)51-25-7-6-8-26-51)15-17-44(5,41-14-11-37(30-50-41)52-27-21-46(22-28-52)34-54-35-46)18-16-43(3,4)40-13-10-38(31-49-40)53-32-45(33-53)19-23-47-24-20-45/h9-14,29-31,47H,6-8,15-28,32-35H2,1-5H3. The van der Waals surface area contributed by atoms with Crippen LogP contribution in [-0.2, 0) is 21.0 Å². The van der Waals surface area contributed by atoms with Gasteiger partial charge in [-0.2, -0.15) is 0 Å². The highest BCUT2D eigenvalue weighted by Gasteiger charge is 2.44. The van der Waals surface area contributed by atoms with Crippen LogP contribution < -0.4 is 20.0 Å². The summed E-state index contributed by atoms with van der Waals surface area (Å²) in [5, 5.41) is 3.53. The third-order valence-electron chi connectivity index (χ3n) is 14.7. The predicted octanol–water partition coefficient (Wildman–Crippen LogP) is 8.44. The molecule has 0 radical (unpaired) electrons. The van der Waals surface area contributed by atoms with Crippen LogP contribution in [0.15, 0.2) is 55.0 Å². The largest absolute Gasteiger partial charge is 0.380 e. The molecule has 0 saturated carbocycles. The van der Waals surface area contributed by atoms with Gasteiger partial charge >= 0.3 is 0 Å². The Kier molecular flexibility index (Phi) is 10.5. The van der Waals surface area contributed by atoms with Gasteiger partial charge in [-0.15, -0.1) is 0 Å². The molecule has 5 aliphatic rings. The van der Waals surface area contributed by atoms with Gasteiger partial charge in [0.2, 0.25) is 0 Å². The molecule has 2 spiro atoms. The van der Waals surface area contributed by atoms with E-state index in [2.05, 4.69) is 110 Å². The van der Waals surface area contributed by atoms with Crippen molar-refractivity contribution < 1.29 is 4.74 Å². The molecule has 0 bridgehead atoms. The van der Waals surface area contributed by atoms with Crippen molar-refractivity contribution in [3.8, 4) is 0 Å². The van der Waals surface area contributed by atoms with Gasteiger partial charge < -0.3 is 24.8 Å². The van der Waals surface area contributed by atoms with Gasteiger partial charge in [0.05, 0.1) is 48.9 Å². The van der Waals surface area contributed by atoms with Gasteiger partial charge in [-0.05, 0) is 120 Å². The van der Waals surface area contributed by atoms with Gasteiger partial charge in [0, 0.05) is 83.4 Å². The Bertz CT molecular complexity index is 1670. The Labute approximate surface area is 325 Å². The summed E-state index contributed by atoms with van der Waals surface area (Å²) in [6.07, 6.45) is 19.5. The van der Waals surface area contributed by atoms with Crippen LogP contribution in [0.3, 0.4) is 0 Å². The van der Waals surface area contributed by atoms with E-state index in [4.69, 9.17) is 19.7 Å². The van der Waals surface area contributed by atoms with Crippen molar-refractivity contribution in [2.24, 2.45) is 10.8 Å². The van der Waals surface area contributed by atoms with Crippen molar-refractivity contribution in [2.45, 2.75) is 121 Å². The fourth-order valence-electron chi connectivity index (χ4n) is 9.98. The fraction of sp³-hybridized carbons (Fsp3) is 0.674.